The number of carboxylic acids is 1. The molecule has 0 fully saturated rings. The molecule has 0 aliphatic carbocycles. The zero-order valence-corrected chi connectivity index (χ0v) is 12.1. The molecule has 1 heterocycles. The van der Waals surface area contributed by atoms with Crippen molar-refractivity contribution in [1.82, 2.24) is 15.2 Å². The summed E-state index contributed by atoms with van der Waals surface area (Å²) in [4.78, 5) is 26.9. The van der Waals surface area contributed by atoms with Gasteiger partial charge in [0.1, 0.15) is 5.82 Å². The van der Waals surface area contributed by atoms with Crippen molar-refractivity contribution in [1.29, 1.82) is 0 Å². The fraction of sp³-hybridized carbons (Fsp3) is 0.167. The molecule has 0 saturated heterocycles. The number of nitrogens with one attached hydrogen (secondary N) is 2. The molecule has 0 atom stereocenters. The first kappa shape index (κ1) is 14.2. The quantitative estimate of drug-likeness (QED) is 0.790. The second-order valence-corrected chi connectivity index (χ2v) is 4.77. The fourth-order valence-electron chi connectivity index (χ4n) is 1.49. The van der Waals surface area contributed by atoms with Crippen molar-refractivity contribution in [3.63, 3.8) is 0 Å². The smallest absolute Gasteiger partial charge is 0.335 e. The van der Waals surface area contributed by atoms with Gasteiger partial charge in [-0.15, -0.1) is 5.10 Å². The average Bonchev–Trinajstić information content (AvgIpc) is 2.89. The summed E-state index contributed by atoms with van der Waals surface area (Å²) in [6.45, 7) is 1.88. The maximum Gasteiger partial charge on any atom is 0.335 e. The Kier molecular flexibility index (Phi) is 4.14. The predicted octanol–water partition coefficient (Wildman–Crippen LogP) is 2.08. The lowest BCUT2D eigenvalue weighted by Gasteiger charge is -2.06. The number of hydrogen-bond donors (Lipinski definition) is 3. The van der Waals surface area contributed by atoms with Crippen LogP contribution in [0.2, 0.25) is 0 Å². The van der Waals surface area contributed by atoms with E-state index in [1.165, 1.54) is 12.1 Å². The van der Waals surface area contributed by atoms with E-state index in [-0.39, 0.29) is 11.4 Å². The van der Waals surface area contributed by atoms with Gasteiger partial charge in [0.2, 0.25) is 5.82 Å². The number of rotatable bonds is 4. The van der Waals surface area contributed by atoms with E-state index >= 15 is 0 Å². The Morgan fingerprint density at radius 1 is 1.45 bits per heavy atom. The van der Waals surface area contributed by atoms with Crippen LogP contribution in [-0.2, 0) is 6.42 Å². The first-order valence-corrected chi connectivity index (χ1v) is 6.56. The van der Waals surface area contributed by atoms with Crippen LogP contribution in [0.4, 0.5) is 5.69 Å². The molecular formula is C12H11BrN4O3. The molecule has 1 aromatic heterocycles. The van der Waals surface area contributed by atoms with E-state index in [2.05, 4.69) is 36.4 Å². The highest BCUT2D eigenvalue weighted by atomic mass is 79.9. The molecule has 0 spiro atoms. The number of halogens is 1. The molecular weight excluding hydrogens is 328 g/mol. The van der Waals surface area contributed by atoms with Crippen LogP contribution in [0.1, 0.15) is 33.7 Å². The summed E-state index contributed by atoms with van der Waals surface area (Å²) >= 11 is 3.24. The van der Waals surface area contributed by atoms with E-state index in [1.807, 2.05) is 6.92 Å². The van der Waals surface area contributed by atoms with Crippen LogP contribution in [0.25, 0.3) is 0 Å². The van der Waals surface area contributed by atoms with Gasteiger partial charge in [0.25, 0.3) is 5.91 Å². The Morgan fingerprint density at radius 3 is 2.80 bits per heavy atom. The minimum atomic E-state index is -1.07. The molecule has 8 heteroatoms. The number of carbonyl (C=O) groups is 2. The Morgan fingerprint density at radius 2 is 2.20 bits per heavy atom. The van der Waals surface area contributed by atoms with Gasteiger partial charge in [0.05, 0.1) is 11.3 Å². The molecule has 0 bridgehead atoms. The summed E-state index contributed by atoms with van der Waals surface area (Å²) in [7, 11) is 0. The van der Waals surface area contributed by atoms with Crippen LogP contribution >= 0.6 is 15.9 Å². The lowest BCUT2D eigenvalue weighted by atomic mass is 10.2. The summed E-state index contributed by atoms with van der Waals surface area (Å²) < 4.78 is 0.571. The summed E-state index contributed by atoms with van der Waals surface area (Å²) in [5.74, 6) is -0.966. The molecule has 0 aliphatic heterocycles. The summed E-state index contributed by atoms with van der Waals surface area (Å²) in [6.07, 6.45) is 0.637. The molecule has 20 heavy (non-hydrogen) atoms. The molecule has 7 nitrogen and oxygen atoms in total. The monoisotopic (exact) mass is 338 g/mol. The Hall–Kier alpha value is -2.22. The number of carboxylic acid groups (broad SMARTS) is 1. The highest BCUT2D eigenvalue weighted by Gasteiger charge is 2.15. The summed E-state index contributed by atoms with van der Waals surface area (Å²) in [5.41, 5.74) is 0.422. The van der Waals surface area contributed by atoms with Crippen LogP contribution in [0.5, 0.6) is 0 Å². The van der Waals surface area contributed by atoms with E-state index in [4.69, 9.17) is 5.11 Å². The topological polar surface area (TPSA) is 108 Å². The van der Waals surface area contributed by atoms with Crippen LogP contribution in [0, 0.1) is 0 Å². The Balaban J connectivity index is 2.22. The van der Waals surface area contributed by atoms with Crippen molar-refractivity contribution in [2.75, 3.05) is 5.32 Å². The predicted molar refractivity (Wildman–Crippen MR) is 74.8 cm³/mol. The molecule has 1 amide bonds. The molecule has 1 aromatic carbocycles. The molecule has 2 aromatic rings. The lowest BCUT2D eigenvalue weighted by molar-refractivity contribution is 0.0696. The zero-order chi connectivity index (χ0) is 14.7. The number of nitrogens with zero attached hydrogens (tertiary/aromatic N) is 2. The largest absolute Gasteiger partial charge is 0.478 e. The maximum absolute atomic E-state index is 12.0. The number of aromatic nitrogens is 3. The van der Waals surface area contributed by atoms with E-state index in [1.54, 1.807) is 6.07 Å². The minimum Gasteiger partial charge on any atom is -0.478 e. The van der Waals surface area contributed by atoms with E-state index in [0.29, 0.717) is 22.4 Å². The first-order chi connectivity index (χ1) is 9.51. The number of amides is 1. The number of aromatic amines is 1. The van der Waals surface area contributed by atoms with Gasteiger partial charge < -0.3 is 10.4 Å². The van der Waals surface area contributed by atoms with Crippen LogP contribution in [-0.4, -0.2) is 32.2 Å². The minimum absolute atomic E-state index is 0.00878. The molecule has 2 rings (SSSR count). The van der Waals surface area contributed by atoms with E-state index in [0.717, 1.165) is 0 Å². The molecule has 104 valence electrons. The fourth-order valence-corrected chi connectivity index (χ4v) is 1.83. The standard InChI is InChI=1S/C12H11BrN4O3/c1-2-9-15-10(17-16-9)11(18)14-8-5-6(12(19)20)3-4-7(8)13/h3-5H,2H2,1H3,(H,14,18)(H,19,20)(H,15,16,17). The van der Waals surface area contributed by atoms with E-state index < -0.39 is 11.9 Å². The Bertz CT molecular complexity index is 668. The van der Waals surface area contributed by atoms with Gasteiger partial charge in [-0.25, -0.2) is 9.78 Å². The van der Waals surface area contributed by atoms with Crippen LogP contribution < -0.4 is 5.32 Å². The Labute approximate surface area is 122 Å². The maximum atomic E-state index is 12.0. The third-order valence-corrected chi connectivity index (χ3v) is 3.22. The molecule has 0 aliphatic rings. The van der Waals surface area contributed by atoms with Crippen LogP contribution in [0.3, 0.4) is 0 Å². The third kappa shape index (κ3) is 3.02. The number of carbonyl (C=O) groups excluding carboxylic acids is 1. The molecule has 0 radical (unpaired) electrons. The first-order valence-electron chi connectivity index (χ1n) is 5.76. The number of benzene rings is 1. The van der Waals surface area contributed by atoms with Gasteiger partial charge in [-0.1, -0.05) is 6.92 Å². The normalized spacial score (nSPS) is 10.3. The highest BCUT2D eigenvalue weighted by molar-refractivity contribution is 9.10. The summed E-state index contributed by atoms with van der Waals surface area (Å²) in [5, 5.41) is 17.9. The number of hydrogen-bond acceptors (Lipinski definition) is 4. The van der Waals surface area contributed by atoms with Gasteiger partial charge in [0, 0.05) is 10.9 Å². The zero-order valence-electron chi connectivity index (χ0n) is 10.5. The van der Waals surface area contributed by atoms with Crippen molar-refractivity contribution in [3.05, 3.63) is 39.9 Å². The van der Waals surface area contributed by atoms with Gasteiger partial charge in [-0.3, -0.25) is 9.89 Å². The molecule has 0 saturated carbocycles. The van der Waals surface area contributed by atoms with Gasteiger partial charge in [-0.2, -0.15) is 0 Å². The summed E-state index contributed by atoms with van der Waals surface area (Å²) in [6, 6.07) is 4.34. The van der Waals surface area contributed by atoms with Crippen molar-refractivity contribution in [2.24, 2.45) is 0 Å². The second-order valence-electron chi connectivity index (χ2n) is 3.91. The molecule has 3 N–H and O–H groups in total. The van der Waals surface area contributed by atoms with Crippen molar-refractivity contribution in [2.45, 2.75) is 13.3 Å². The lowest BCUT2D eigenvalue weighted by Crippen LogP contribution is -2.14. The van der Waals surface area contributed by atoms with Crippen molar-refractivity contribution >= 4 is 33.5 Å². The average molecular weight is 339 g/mol. The number of aromatic carboxylic acids is 1. The van der Waals surface area contributed by atoms with Crippen molar-refractivity contribution in [3.8, 4) is 0 Å². The van der Waals surface area contributed by atoms with Crippen LogP contribution in [0.15, 0.2) is 22.7 Å². The van der Waals surface area contributed by atoms with Gasteiger partial charge in [0.15, 0.2) is 0 Å². The molecule has 0 unspecified atom stereocenters. The number of H-pyrrole nitrogens is 1. The van der Waals surface area contributed by atoms with Gasteiger partial charge in [-0.05, 0) is 34.1 Å². The third-order valence-electron chi connectivity index (χ3n) is 2.53. The van der Waals surface area contributed by atoms with E-state index in [9.17, 15) is 9.59 Å². The van der Waals surface area contributed by atoms with Crippen molar-refractivity contribution < 1.29 is 14.7 Å². The highest BCUT2D eigenvalue weighted by Crippen LogP contribution is 2.24. The number of anilines is 1. The second kappa shape index (κ2) is 5.83. The SMILES string of the molecule is CCc1nc(C(=O)Nc2cc(C(=O)O)ccc2Br)n[nH]1. The van der Waals surface area contributed by atoms with Gasteiger partial charge >= 0.3 is 5.97 Å². The number of aryl methyl sites for hydroxylation is 1.